The van der Waals surface area contributed by atoms with Gasteiger partial charge in [0.05, 0.1) is 28.7 Å². The van der Waals surface area contributed by atoms with E-state index in [1.165, 1.54) is 38.5 Å². The van der Waals surface area contributed by atoms with E-state index in [0.717, 1.165) is 0 Å². The number of benzene rings is 3. The van der Waals surface area contributed by atoms with Crippen molar-refractivity contribution in [3.8, 4) is 11.5 Å². The zero-order chi connectivity index (χ0) is 23.6. The van der Waals surface area contributed by atoms with Crippen molar-refractivity contribution in [3.05, 3.63) is 85.8 Å². The lowest BCUT2D eigenvalue weighted by Crippen LogP contribution is -2.24. The van der Waals surface area contributed by atoms with E-state index in [-0.39, 0.29) is 38.0 Å². The van der Waals surface area contributed by atoms with Gasteiger partial charge in [0.25, 0.3) is 7.14 Å². The molecule has 166 valence electrons. The third-order valence-electron chi connectivity index (χ3n) is 4.87. The van der Waals surface area contributed by atoms with E-state index in [2.05, 4.69) is 15.9 Å². The molecule has 0 bridgehead atoms. The number of methoxy groups -OCH3 is 2. The van der Waals surface area contributed by atoms with E-state index >= 15 is 0 Å². The van der Waals surface area contributed by atoms with E-state index in [9.17, 15) is 14.2 Å². The molecule has 0 saturated carbocycles. The third kappa shape index (κ3) is 4.13. The molecule has 0 amide bonds. The first-order valence-electron chi connectivity index (χ1n) is 9.29. The molecule has 0 N–H and O–H groups in total. The van der Waals surface area contributed by atoms with E-state index < -0.39 is 18.2 Å². The minimum atomic E-state index is -4.64. The van der Waals surface area contributed by atoms with Gasteiger partial charge >= 0.3 is 0 Å². The molecule has 0 aliphatic carbocycles. The summed E-state index contributed by atoms with van der Waals surface area (Å²) in [5.74, 6) is -0.0747. The fraction of sp³-hybridized carbons (Fsp3) is 0.130. The lowest BCUT2D eigenvalue weighted by molar-refractivity contribution is 0.104. The number of hydrogen-bond donors (Lipinski definition) is 0. The van der Waals surface area contributed by atoms with Crippen LogP contribution >= 0.6 is 46.3 Å². The number of halogens is 3. The van der Waals surface area contributed by atoms with Crippen LogP contribution in [0.25, 0.3) is 0 Å². The standard InChI is InChI=1S/C23H18BrCl2O5P/c1-13-8-7-11-16(25)18(13)23(28)32(29,22(27)14-9-5-4-6-10-14)21-19(30-2)15(24)12-17(26)20(21)31-3/h4-12H,1-3H3. The van der Waals surface area contributed by atoms with Gasteiger partial charge in [0.15, 0.2) is 5.75 Å². The van der Waals surface area contributed by atoms with Gasteiger partial charge in [-0.15, -0.1) is 0 Å². The quantitative estimate of drug-likeness (QED) is 0.301. The average Bonchev–Trinajstić information content (AvgIpc) is 2.78. The molecule has 0 saturated heterocycles. The number of rotatable bonds is 7. The summed E-state index contributed by atoms with van der Waals surface area (Å²) < 4.78 is 26.0. The SMILES string of the molecule is COc1c(Cl)cc(Br)c(OC)c1P(=O)(C(=O)c1ccccc1)C(=O)c1c(C)cccc1Cl. The van der Waals surface area contributed by atoms with Crippen molar-refractivity contribution >= 4 is 62.6 Å². The first kappa shape index (κ1) is 24.5. The van der Waals surface area contributed by atoms with Crippen LogP contribution < -0.4 is 14.8 Å². The normalized spacial score (nSPS) is 12.7. The lowest BCUT2D eigenvalue weighted by Gasteiger charge is -2.23. The Hall–Kier alpha value is -2.11. The Kier molecular flexibility index (Phi) is 7.51. The molecule has 3 aromatic rings. The zero-order valence-corrected chi connectivity index (χ0v) is 21.3. The molecule has 0 heterocycles. The average molecular weight is 556 g/mol. The highest BCUT2D eigenvalue weighted by Crippen LogP contribution is 2.58. The molecule has 32 heavy (non-hydrogen) atoms. The van der Waals surface area contributed by atoms with Crippen molar-refractivity contribution in [1.82, 2.24) is 0 Å². The smallest absolute Gasteiger partial charge is 0.256 e. The monoisotopic (exact) mass is 554 g/mol. The van der Waals surface area contributed by atoms with Crippen molar-refractivity contribution < 1.29 is 23.6 Å². The van der Waals surface area contributed by atoms with Gasteiger partial charge in [0, 0.05) is 11.1 Å². The Bertz CT molecular complexity index is 1210. The maximum atomic E-state index is 14.8. The topological polar surface area (TPSA) is 69.7 Å². The molecule has 3 rings (SSSR count). The van der Waals surface area contributed by atoms with Crippen LogP contribution in [-0.4, -0.2) is 25.3 Å². The maximum absolute atomic E-state index is 14.8. The molecule has 0 spiro atoms. The fourth-order valence-electron chi connectivity index (χ4n) is 3.36. The largest absolute Gasteiger partial charge is 0.495 e. The summed E-state index contributed by atoms with van der Waals surface area (Å²) in [5, 5.41) is -0.0879. The summed E-state index contributed by atoms with van der Waals surface area (Å²) in [5.41, 5.74) is -1.26. The Morgan fingerprint density at radius 3 is 2.06 bits per heavy atom. The molecular weight excluding hydrogens is 538 g/mol. The van der Waals surface area contributed by atoms with Crippen LogP contribution in [-0.2, 0) is 4.57 Å². The van der Waals surface area contributed by atoms with Crippen LogP contribution in [0.3, 0.4) is 0 Å². The number of hydrogen-bond acceptors (Lipinski definition) is 5. The van der Waals surface area contributed by atoms with Gasteiger partial charge in [0.1, 0.15) is 11.1 Å². The van der Waals surface area contributed by atoms with Crippen LogP contribution in [0.4, 0.5) is 0 Å². The minimum absolute atomic E-state index is 0.0110. The number of aryl methyl sites for hydroxylation is 1. The molecule has 5 nitrogen and oxygen atoms in total. The molecular formula is C23H18BrCl2O5P. The number of ether oxygens (including phenoxy) is 2. The third-order valence-corrected chi connectivity index (χ3v) is 8.72. The lowest BCUT2D eigenvalue weighted by atomic mass is 10.1. The van der Waals surface area contributed by atoms with E-state index in [4.69, 9.17) is 32.7 Å². The van der Waals surface area contributed by atoms with Crippen molar-refractivity contribution in [2.24, 2.45) is 0 Å². The number of carbonyl (C=O) groups is 2. The highest BCUT2D eigenvalue weighted by atomic mass is 79.9. The van der Waals surface area contributed by atoms with E-state index in [0.29, 0.717) is 10.0 Å². The predicted octanol–water partition coefficient (Wildman–Crippen LogP) is 6.75. The summed E-state index contributed by atoms with van der Waals surface area (Å²) in [6.07, 6.45) is 0. The van der Waals surface area contributed by atoms with Gasteiger partial charge in [-0.25, -0.2) is 0 Å². The highest BCUT2D eigenvalue weighted by Gasteiger charge is 2.49. The zero-order valence-electron chi connectivity index (χ0n) is 17.3. The predicted molar refractivity (Wildman–Crippen MR) is 131 cm³/mol. The van der Waals surface area contributed by atoms with Crippen LogP contribution in [0.2, 0.25) is 10.0 Å². The Morgan fingerprint density at radius 1 is 0.875 bits per heavy atom. The summed E-state index contributed by atoms with van der Waals surface area (Å²) in [6, 6.07) is 14.2. The van der Waals surface area contributed by atoms with Crippen LogP contribution in [0, 0.1) is 6.92 Å². The molecule has 3 aromatic carbocycles. The molecule has 0 aliphatic rings. The molecule has 0 radical (unpaired) electrons. The molecule has 0 fully saturated rings. The van der Waals surface area contributed by atoms with E-state index in [1.54, 1.807) is 37.3 Å². The van der Waals surface area contributed by atoms with Gasteiger partial charge in [-0.2, -0.15) is 0 Å². The number of carbonyl (C=O) groups excluding carboxylic acids is 2. The molecule has 0 aliphatic heterocycles. The maximum Gasteiger partial charge on any atom is 0.256 e. The Balaban J connectivity index is 2.47. The second-order valence-electron chi connectivity index (χ2n) is 6.77. The molecule has 1 unspecified atom stereocenters. The van der Waals surface area contributed by atoms with E-state index in [1.807, 2.05) is 0 Å². The van der Waals surface area contributed by atoms with Crippen molar-refractivity contribution in [2.45, 2.75) is 6.92 Å². The Labute approximate surface area is 204 Å². The molecule has 9 heteroatoms. The van der Waals surface area contributed by atoms with Gasteiger partial charge in [-0.1, -0.05) is 65.7 Å². The second kappa shape index (κ2) is 9.80. The summed E-state index contributed by atoms with van der Waals surface area (Å²) in [7, 11) is -2.00. The summed E-state index contributed by atoms with van der Waals surface area (Å²) in [4.78, 5) is 27.7. The van der Waals surface area contributed by atoms with Gasteiger partial charge < -0.3 is 14.0 Å². The van der Waals surface area contributed by atoms with Gasteiger partial charge in [0.2, 0.25) is 11.0 Å². The van der Waals surface area contributed by atoms with Crippen LogP contribution in [0.1, 0.15) is 26.3 Å². The first-order valence-corrected chi connectivity index (χ1v) is 12.5. The molecule has 1 atom stereocenters. The molecule has 0 aromatic heterocycles. The summed E-state index contributed by atoms with van der Waals surface area (Å²) in [6.45, 7) is 1.65. The summed E-state index contributed by atoms with van der Waals surface area (Å²) >= 11 is 16.0. The van der Waals surface area contributed by atoms with Crippen molar-refractivity contribution in [1.29, 1.82) is 0 Å². The van der Waals surface area contributed by atoms with Crippen molar-refractivity contribution in [2.75, 3.05) is 14.2 Å². The minimum Gasteiger partial charge on any atom is -0.495 e. The van der Waals surface area contributed by atoms with Crippen molar-refractivity contribution in [3.63, 3.8) is 0 Å². The Morgan fingerprint density at radius 2 is 1.50 bits per heavy atom. The second-order valence-corrected chi connectivity index (χ2v) is 10.9. The van der Waals surface area contributed by atoms with Crippen LogP contribution in [0.15, 0.2) is 59.1 Å². The fourth-order valence-corrected chi connectivity index (χ4v) is 7.67. The van der Waals surface area contributed by atoms with Crippen LogP contribution in [0.5, 0.6) is 11.5 Å². The highest BCUT2D eigenvalue weighted by molar-refractivity contribution is 9.10. The van der Waals surface area contributed by atoms with Gasteiger partial charge in [-0.3, -0.25) is 9.59 Å². The van der Waals surface area contributed by atoms with Gasteiger partial charge in [-0.05, 0) is 40.5 Å². The first-order chi connectivity index (χ1) is 15.2.